The van der Waals surface area contributed by atoms with E-state index in [2.05, 4.69) is 11.8 Å². The number of likely N-dealkylation sites (tertiary alicyclic amines) is 1. The van der Waals surface area contributed by atoms with Crippen LogP contribution in [0.15, 0.2) is 12.1 Å². The van der Waals surface area contributed by atoms with Gasteiger partial charge >= 0.3 is 0 Å². The standard InChI is InChI=1S/C17H25NO2/c1-2-3-10-18-11-4-5-13-12-7-9-16(19)17(20)14(12)6-8-15(13)18/h7,9,13,15,19-20H,2-6,8,10-11H2,1H3/t13-,15+/m0/s1. The van der Waals surface area contributed by atoms with Gasteiger partial charge in [-0.1, -0.05) is 19.4 Å². The van der Waals surface area contributed by atoms with Crippen molar-refractivity contribution in [1.29, 1.82) is 0 Å². The Balaban J connectivity index is 1.87. The third-order valence-electron chi connectivity index (χ3n) is 5.08. The second kappa shape index (κ2) is 5.65. The summed E-state index contributed by atoms with van der Waals surface area (Å²) < 4.78 is 0. The molecule has 0 unspecified atom stereocenters. The van der Waals surface area contributed by atoms with Crippen LogP contribution >= 0.6 is 0 Å². The van der Waals surface area contributed by atoms with Crippen molar-refractivity contribution < 1.29 is 10.2 Å². The molecule has 0 aromatic heterocycles. The number of fused-ring (bicyclic) bond motifs is 3. The maximum absolute atomic E-state index is 10.1. The number of unbranched alkanes of at least 4 members (excludes halogenated alkanes) is 1. The van der Waals surface area contributed by atoms with Crippen molar-refractivity contribution in [1.82, 2.24) is 4.90 Å². The molecular weight excluding hydrogens is 250 g/mol. The average molecular weight is 275 g/mol. The molecule has 1 aliphatic heterocycles. The maximum Gasteiger partial charge on any atom is 0.160 e. The molecule has 1 heterocycles. The highest BCUT2D eigenvalue weighted by Gasteiger charge is 2.37. The zero-order valence-electron chi connectivity index (χ0n) is 12.3. The molecule has 1 saturated heterocycles. The molecule has 1 aliphatic carbocycles. The summed E-state index contributed by atoms with van der Waals surface area (Å²) in [4.78, 5) is 2.66. The minimum atomic E-state index is 0.0286. The van der Waals surface area contributed by atoms with Crippen molar-refractivity contribution in [3.8, 4) is 11.5 Å². The Morgan fingerprint density at radius 2 is 2.10 bits per heavy atom. The lowest BCUT2D eigenvalue weighted by molar-refractivity contribution is 0.110. The summed E-state index contributed by atoms with van der Waals surface area (Å²) in [5.74, 6) is 0.684. The van der Waals surface area contributed by atoms with Gasteiger partial charge in [0.2, 0.25) is 0 Å². The van der Waals surface area contributed by atoms with E-state index in [0.717, 1.165) is 18.4 Å². The Morgan fingerprint density at radius 3 is 2.90 bits per heavy atom. The lowest BCUT2D eigenvalue weighted by atomic mass is 9.74. The molecule has 2 atom stereocenters. The van der Waals surface area contributed by atoms with Crippen molar-refractivity contribution in [3.63, 3.8) is 0 Å². The molecule has 0 radical (unpaired) electrons. The first-order valence-corrected chi connectivity index (χ1v) is 8.00. The van der Waals surface area contributed by atoms with E-state index < -0.39 is 0 Å². The fourth-order valence-electron chi connectivity index (χ4n) is 4.05. The van der Waals surface area contributed by atoms with Gasteiger partial charge in [-0.05, 0) is 62.7 Å². The zero-order valence-corrected chi connectivity index (χ0v) is 12.3. The van der Waals surface area contributed by atoms with Gasteiger partial charge in [0.25, 0.3) is 0 Å². The molecule has 1 aromatic carbocycles. The van der Waals surface area contributed by atoms with Crippen LogP contribution in [0.25, 0.3) is 0 Å². The molecule has 0 saturated carbocycles. The maximum atomic E-state index is 10.1. The second-order valence-electron chi connectivity index (χ2n) is 6.25. The van der Waals surface area contributed by atoms with Gasteiger partial charge in [0.15, 0.2) is 11.5 Å². The molecular formula is C17H25NO2. The van der Waals surface area contributed by atoms with Gasteiger partial charge in [-0.3, -0.25) is 4.90 Å². The predicted octanol–water partition coefficient (Wildman–Crippen LogP) is 3.39. The van der Waals surface area contributed by atoms with Gasteiger partial charge in [0.1, 0.15) is 0 Å². The highest BCUT2D eigenvalue weighted by molar-refractivity contribution is 5.51. The van der Waals surface area contributed by atoms with Gasteiger partial charge in [0.05, 0.1) is 0 Å². The lowest BCUT2D eigenvalue weighted by Crippen LogP contribution is -2.46. The van der Waals surface area contributed by atoms with Crippen LogP contribution in [0.1, 0.15) is 56.1 Å². The summed E-state index contributed by atoms with van der Waals surface area (Å²) in [5.41, 5.74) is 2.27. The topological polar surface area (TPSA) is 43.7 Å². The normalized spacial score (nSPS) is 26.1. The molecule has 3 heteroatoms. The summed E-state index contributed by atoms with van der Waals surface area (Å²) in [5, 5.41) is 19.8. The number of hydrogen-bond donors (Lipinski definition) is 2. The van der Waals surface area contributed by atoms with Gasteiger partial charge in [0, 0.05) is 11.6 Å². The molecule has 2 N–H and O–H groups in total. The quantitative estimate of drug-likeness (QED) is 0.831. The monoisotopic (exact) mass is 275 g/mol. The summed E-state index contributed by atoms with van der Waals surface area (Å²) in [6, 6.07) is 4.32. The van der Waals surface area contributed by atoms with Crippen LogP contribution in [0, 0.1) is 0 Å². The van der Waals surface area contributed by atoms with Gasteiger partial charge < -0.3 is 10.2 Å². The van der Waals surface area contributed by atoms with Crippen molar-refractivity contribution in [3.05, 3.63) is 23.3 Å². The molecule has 3 rings (SSSR count). The van der Waals surface area contributed by atoms with Crippen molar-refractivity contribution in [2.24, 2.45) is 0 Å². The van der Waals surface area contributed by atoms with Gasteiger partial charge in [-0.2, -0.15) is 0 Å². The number of hydrogen-bond acceptors (Lipinski definition) is 3. The third-order valence-corrected chi connectivity index (χ3v) is 5.08. The Bertz CT molecular complexity index is 486. The highest BCUT2D eigenvalue weighted by Crippen LogP contribution is 2.45. The average Bonchev–Trinajstić information content (AvgIpc) is 2.48. The number of aromatic hydroxyl groups is 2. The van der Waals surface area contributed by atoms with E-state index in [9.17, 15) is 10.2 Å². The third kappa shape index (κ3) is 2.28. The first-order chi connectivity index (χ1) is 9.72. The zero-order chi connectivity index (χ0) is 14.1. The van der Waals surface area contributed by atoms with E-state index in [1.165, 1.54) is 44.3 Å². The van der Waals surface area contributed by atoms with Crippen LogP contribution in [0.4, 0.5) is 0 Å². The van der Waals surface area contributed by atoms with Crippen LogP contribution in [-0.2, 0) is 6.42 Å². The van der Waals surface area contributed by atoms with Crippen molar-refractivity contribution in [2.75, 3.05) is 13.1 Å². The fraction of sp³-hybridized carbons (Fsp3) is 0.647. The van der Waals surface area contributed by atoms with Crippen LogP contribution in [0.3, 0.4) is 0 Å². The van der Waals surface area contributed by atoms with Crippen LogP contribution in [0.2, 0.25) is 0 Å². The van der Waals surface area contributed by atoms with E-state index in [1.807, 2.05) is 6.07 Å². The summed E-state index contributed by atoms with van der Waals surface area (Å²) >= 11 is 0. The second-order valence-corrected chi connectivity index (χ2v) is 6.25. The van der Waals surface area contributed by atoms with Crippen LogP contribution in [0.5, 0.6) is 11.5 Å². The Hall–Kier alpha value is -1.22. The molecule has 20 heavy (non-hydrogen) atoms. The molecule has 2 aliphatic rings. The Morgan fingerprint density at radius 1 is 1.25 bits per heavy atom. The molecule has 0 bridgehead atoms. The molecule has 0 spiro atoms. The first kappa shape index (κ1) is 13.7. The number of nitrogens with zero attached hydrogens (tertiary/aromatic N) is 1. The fourth-order valence-corrected chi connectivity index (χ4v) is 4.05. The summed E-state index contributed by atoms with van der Waals surface area (Å²) in [6.07, 6.45) is 6.98. The highest BCUT2D eigenvalue weighted by atomic mass is 16.3. The molecule has 110 valence electrons. The number of rotatable bonds is 3. The van der Waals surface area contributed by atoms with Crippen molar-refractivity contribution in [2.45, 2.75) is 57.4 Å². The van der Waals surface area contributed by atoms with Gasteiger partial charge in [-0.15, -0.1) is 0 Å². The Kier molecular flexibility index (Phi) is 3.88. The number of phenolic OH excluding ortho intramolecular Hbond substituents is 2. The van der Waals surface area contributed by atoms with E-state index in [4.69, 9.17) is 0 Å². The molecule has 0 amide bonds. The molecule has 1 aromatic rings. The van der Waals surface area contributed by atoms with Crippen LogP contribution < -0.4 is 0 Å². The summed E-state index contributed by atoms with van der Waals surface area (Å²) in [6.45, 7) is 4.68. The smallest absolute Gasteiger partial charge is 0.160 e. The Labute approximate surface area is 121 Å². The van der Waals surface area contributed by atoms with E-state index in [-0.39, 0.29) is 11.5 Å². The predicted molar refractivity (Wildman–Crippen MR) is 80.3 cm³/mol. The summed E-state index contributed by atoms with van der Waals surface area (Å²) in [7, 11) is 0. The number of benzene rings is 1. The van der Waals surface area contributed by atoms with Crippen molar-refractivity contribution >= 4 is 0 Å². The SMILES string of the molecule is CCCCN1CCC[C@H]2c3ccc(O)c(O)c3CC[C@H]21. The minimum Gasteiger partial charge on any atom is -0.504 e. The first-order valence-electron chi connectivity index (χ1n) is 8.00. The van der Waals surface area contributed by atoms with E-state index >= 15 is 0 Å². The number of phenols is 2. The van der Waals surface area contributed by atoms with Gasteiger partial charge in [-0.25, -0.2) is 0 Å². The molecule has 3 nitrogen and oxygen atoms in total. The number of piperidine rings is 1. The van der Waals surface area contributed by atoms with E-state index in [0.29, 0.717) is 12.0 Å². The largest absolute Gasteiger partial charge is 0.504 e. The van der Waals surface area contributed by atoms with Crippen LogP contribution in [-0.4, -0.2) is 34.2 Å². The minimum absolute atomic E-state index is 0.0286. The van der Waals surface area contributed by atoms with E-state index in [1.54, 1.807) is 6.07 Å². The molecule has 1 fully saturated rings. The lowest BCUT2D eigenvalue weighted by Gasteiger charge is -2.45.